The summed E-state index contributed by atoms with van der Waals surface area (Å²) in [7, 11) is 0. The van der Waals surface area contributed by atoms with Crippen molar-refractivity contribution in [3.05, 3.63) is 70.8 Å². The van der Waals surface area contributed by atoms with E-state index in [1.807, 2.05) is 30.3 Å². The van der Waals surface area contributed by atoms with Crippen LogP contribution in [-0.4, -0.2) is 11.4 Å². The molecule has 108 valence electrons. The molecule has 0 fully saturated rings. The van der Waals surface area contributed by atoms with Crippen LogP contribution in [0.4, 0.5) is 0 Å². The zero-order valence-electron chi connectivity index (χ0n) is 12.6. The van der Waals surface area contributed by atoms with Crippen molar-refractivity contribution in [1.82, 2.24) is 5.32 Å². The number of carbonyl (C=O) groups is 1. The number of hydrogen-bond donors (Lipinski definition) is 1. The monoisotopic (exact) mass is 279 g/mol. The minimum Gasteiger partial charge on any atom is -0.346 e. The van der Waals surface area contributed by atoms with E-state index in [1.165, 1.54) is 16.7 Å². The number of nitrogens with one attached hydrogen (secondary N) is 1. The van der Waals surface area contributed by atoms with Gasteiger partial charge in [0, 0.05) is 11.1 Å². The van der Waals surface area contributed by atoms with Crippen LogP contribution in [0, 0.1) is 0 Å². The lowest BCUT2D eigenvalue weighted by Gasteiger charge is -2.25. The molecular formula is C19H21NO. The molecule has 3 rings (SSSR count). The van der Waals surface area contributed by atoms with Crippen LogP contribution in [0.1, 0.15) is 40.9 Å². The summed E-state index contributed by atoms with van der Waals surface area (Å²) in [5, 5.41) is 3.22. The molecule has 0 saturated carbocycles. The van der Waals surface area contributed by atoms with E-state index < -0.39 is 0 Å². The van der Waals surface area contributed by atoms with E-state index in [0.29, 0.717) is 0 Å². The fourth-order valence-electron chi connectivity index (χ4n) is 3.16. The molecule has 1 aliphatic rings. The largest absolute Gasteiger partial charge is 0.346 e. The van der Waals surface area contributed by atoms with Crippen LogP contribution in [0.15, 0.2) is 48.5 Å². The van der Waals surface area contributed by atoms with E-state index in [9.17, 15) is 4.79 Å². The molecule has 2 nitrogen and oxygen atoms in total. The number of rotatable bonds is 3. The van der Waals surface area contributed by atoms with E-state index in [1.54, 1.807) is 0 Å². The van der Waals surface area contributed by atoms with Crippen LogP contribution in [0.25, 0.3) is 0 Å². The van der Waals surface area contributed by atoms with Gasteiger partial charge in [0.05, 0.1) is 0 Å². The van der Waals surface area contributed by atoms with Crippen molar-refractivity contribution in [3.8, 4) is 0 Å². The van der Waals surface area contributed by atoms with Crippen molar-refractivity contribution in [2.45, 2.75) is 38.6 Å². The second kappa shape index (κ2) is 5.36. The minimum atomic E-state index is -0.179. The molecule has 2 aromatic rings. The van der Waals surface area contributed by atoms with Gasteiger partial charge in [-0.05, 0) is 55.0 Å². The summed E-state index contributed by atoms with van der Waals surface area (Å²) in [5.41, 5.74) is 4.66. The molecule has 1 unspecified atom stereocenters. The standard InChI is InChI=1S/C19H21NO/c1-3-14-9-10-16-12-19(2,13-17(16)11-14)20-18(21)15-7-5-4-6-8-15/h4-11H,3,12-13H2,1-2H3,(H,20,21). The molecule has 0 saturated heterocycles. The number of hydrogen-bond acceptors (Lipinski definition) is 1. The lowest BCUT2D eigenvalue weighted by Crippen LogP contribution is -2.46. The summed E-state index contributed by atoms with van der Waals surface area (Å²) in [6, 6.07) is 16.1. The molecule has 1 amide bonds. The summed E-state index contributed by atoms with van der Waals surface area (Å²) in [6.07, 6.45) is 2.88. The highest BCUT2D eigenvalue weighted by Gasteiger charge is 2.34. The Bertz CT molecular complexity index is 663. The van der Waals surface area contributed by atoms with E-state index >= 15 is 0 Å². The van der Waals surface area contributed by atoms with Gasteiger partial charge in [-0.15, -0.1) is 0 Å². The summed E-state index contributed by atoms with van der Waals surface area (Å²) >= 11 is 0. The Morgan fingerprint density at radius 2 is 1.81 bits per heavy atom. The smallest absolute Gasteiger partial charge is 0.251 e. The average molecular weight is 279 g/mol. The number of benzene rings is 2. The zero-order valence-corrected chi connectivity index (χ0v) is 12.6. The lowest BCUT2D eigenvalue weighted by atomic mass is 9.98. The van der Waals surface area contributed by atoms with Gasteiger partial charge in [-0.25, -0.2) is 0 Å². The van der Waals surface area contributed by atoms with E-state index in [2.05, 4.69) is 37.4 Å². The van der Waals surface area contributed by atoms with E-state index in [-0.39, 0.29) is 11.4 Å². The molecule has 0 aliphatic heterocycles. The van der Waals surface area contributed by atoms with Crippen molar-refractivity contribution in [1.29, 1.82) is 0 Å². The molecule has 0 aromatic heterocycles. The SMILES string of the molecule is CCc1ccc2c(c1)CC(C)(NC(=O)c1ccccc1)C2. The third-order valence-electron chi connectivity index (χ3n) is 4.29. The number of aryl methyl sites for hydroxylation is 1. The first-order chi connectivity index (χ1) is 10.1. The van der Waals surface area contributed by atoms with Crippen molar-refractivity contribution in [3.63, 3.8) is 0 Å². The summed E-state index contributed by atoms with van der Waals surface area (Å²) in [6.45, 7) is 4.31. The van der Waals surface area contributed by atoms with E-state index in [4.69, 9.17) is 0 Å². The van der Waals surface area contributed by atoms with Gasteiger partial charge in [-0.2, -0.15) is 0 Å². The number of amides is 1. The summed E-state index contributed by atoms with van der Waals surface area (Å²) < 4.78 is 0. The van der Waals surface area contributed by atoms with Crippen LogP contribution < -0.4 is 5.32 Å². The maximum atomic E-state index is 12.4. The predicted molar refractivity (Wildman–Crippen MR) is 85.5 cm³/mol. The Labute approximate surface area is 126 Å². The predicted octanol–water partition coefficient (Wildman–Crippen LogP) is 3.54. The highest BCUT2D eigenvalue weighted by molar-refractivity contribution is 5.94. The van der Waals surface area contributed by atoms with Crippen molar-refractivity contribution in [2.24, 2.45) is 0 Å². The fraction of sp³-hybridized carbons (Fsp3) is 0.316. The maximum Gasteiger partial charge on any atom is 0.251 e. The molecule has 1 aliphatic carbocycles. The first kappa shape index (κ1) is 13.9. The number of fused-ring (bicyclic) bond motifs is 1. The highest BCUT2D eigenvalue weighted by atomic mass is 16.1. The first-order valence-electron chi connectivity index (χ1n) is 7.58. The van der Waals surface area contributed by atoms with Crippen LogP contribution in [0.2, 0.25) is 0 Å². The maximum absolute atomic E-state index is 12.4. The molecule has 1 atom stereocenters. The van der Waals surface area contributed by atoms with Crippen molar-refractivity contribution < 1.29 is 4.79 Å². The third kappa shape index (κ3) is 2.85. The zero-order chi connectivity index (χ0) is 14.9. The third-order valence-corrected chi connectivity index (χ3v) is 4.29. The van der Waals surface area contributed by atoms with Crippen LogP contribution in [0.3, 0.4) is 0 Å². The fourth-order valence-corrected chi connectivity index (χ4v) is 3.16. The molecule has 2 aromatic carbocycles. The minimum absolute atomic E-state index is 0.0154. The van der Waals surface area contributed by atoms with Gasteiger partial charge in [0.2, 0.25) is 0 Å². The van der Waals surface area contributed by atoms with Gasteiger partial charge in [0.1, 0.15) is 0 Å². The van der Waals surface area contributed by atoms with Gasteiger partial charge in [-0.1, -0.05) is 43.3 Å². The van der Waals surface area contributed by atoms with Crippen LogP contribution >= 0.6 is 0 Å². The molecule has 0 spiro atoms. The Balaban J connectivity index is 1.77. The first-order valence-corrected chi connectivity index (χ1v) is 7.58. The van der Waals surface area contributed by atoms with Crippen molar-refractivity contribution in [2.75, 3.05) is 0 Å². The average Bonchev–Trinajstić information content (AvgIpc) is 2.82. The molecule has 2 heteroatoms. The highest BCUT2D eigenvalue weighted by Crippen LogP contribution is 2.31. The molecule has 21 heavy (non-hydrogen) atoms. The van der Waals surface area contributed by atoms with Gasteiger partial charge in [-0.3, -0.25) is 4.79 Å². The molecule has 0 bridgehead atoms. The van der Waals surface area contributed by atoms with Gasteiger partial charge in [0.15, 0.2) is 0 Å². The normalized spacial score (nSPS) is 20.1. The van der Waals surface area contributed by atoms with Crippen molar-refractivity contribution >= 4 is 5.91 Å². The second-order valence-electron chi connectivity index (χ2n) is 6.19. The molecule has 0 radical (unpaired) electrons. The van der Waals surface area contributed by atoms with E-state index in [0.717, 1.165) is 24.8 Å². The summed E-state index contributed by atoms with van der Waals surface area (Å²) in [5.74, 6) is 0.0154. The lowest BCUT2D eigenvalue weighted by molar-refractivity contribution is 0.0909. The molecule has 0 heterocycles. The second-order valence-corrected chi connectivity index (χ2v) is 6.19. The quantitative estimate of drug-likeness (QED) is 0.915. The van der Waals surface area contributed by atoms with Gasteiger partial charge >= 0.3 is 0 Å². The van der Waals surface area contributed by atoms with Crippen LogP contribution in [-0.2, 0) is 19.3 Å². The Morgan fingerprint density at radius 1 is 1.10 bits per heavy atom. The summed E-state index contributed by atoms with van der Waals surface area (Å²) in [4.78, 5) is 12.4. The Hall–Kier alpha value is -2.09. The van der Waals surface area contributed by atoms with Gasteiger partial charge in [0.25, 0.3) is 5.91 Å². The Kier molecular flexibility index (Phi) is 3.54. The molecule has 1 N–H and O–H groups in total. The Morgan fingerprint density at radius 3 is 2.52 bits per heavy atom. The van der Waals surface area contributed by atoms with Crippen LogP contribution in [0.5, 0.6) is 0 Å². The topological polar surface area (TPSA) is 29.1 Å². The van der Waals surface area contributed by atoms with Gasteiger partial charge < -0.3 is 5.32 Å². The number of carbonyl (C=O) groups excluding carboxylic acids is 1. The molecular weight excluding hydrogens is 258 g/mol.